The monoisotopic (exact) mass is 439 g/mol. The van der Waals surface area contributed by atoms with Crippen molar-refractivity contribution in [3.63, 3.8) is 0 Å². The van der Waals surface area contributed by atoms with Gasteiger partial charge in [-0.25, -0.2) is 4.98 Å². The van der Waals surface area contributed by atoms with Crippen LogP contribution < -0.4 is 15.2 Å². The summed E-state index contributed by atoms with van der Waals surface area (Å²) in [6.07, 6.45) is 3.99. The van der Waals surface area contributed by atoms with Crippen LogP contribution in [0, 0.1) is 0 Å². The number of carbonyl (C=O) groups excluding carboxylic acids is 1. The third-order valence-electron chi connectivity index (χ3n) is 5.02. The number of hydrogen-bond acceptors (Lipinski definition) is 6. The highest BCUT2D eigenvalue weighted by Crippen LogP contribution is 2.21. The molecule has 3 heterocycles. The van der Waals surface area contributed by atoms with Gasteiger partial charge in [0.25, 0.3) is 5.56 Å². The van der Waals surface area contributed by atoms with Crippen LogP contribution in [-0.2, 0) is 16.1 Å². The van der Waals surface area contributed by atoms with E-state index < -0.39 is 0 Å². The zero-order valence-corrected chi connectivity index (χ0v) is 17.8. The van der Waals surface area contributed by atoms with E-state index in [0.717, 1.165) is 24.3 Å². The predicted octanol–water partition coefficient (Wildman–Crippen LogP) is 3.61. The second kappa shape index (κ2) is 9.22. The van der Waals surface area contributed by atoms with E-state index in [0.29, 0.717) is 29.6 Å². The molecule has 1 aromatic carbocycles. The molecule has 1 saturated heterocycles. The van der Waals surface area contributed by atoms with Crippen molar-refractivity contribution in [2.75, 3.05) is 18.0 Å². The highest BCUT2D eigenvalue weighted by molar-refractivity contribution is 6.30. The molecule has 0 saturated carbocycles. The van der Waals surface area contributed by atoms with Gasteiger partial charge in [-0.05, 0) is 35.9 Å². The predicted molar refractivity (Wildman–Crippen MR) is 118 cm³/mol. The zero-order chi connectivity index (χ0) is 21.8. The average molecular weight is 440 g/mol. The maximum Gasteiger partial charge on any atom is 0.302 e. The Hall–Kier alpha value is -3.32. The number of rotatable bonds is 6. The Morgan fingerprint density at radius 2 is 2.00 bits per heavy atom. The number of anilines is 1. The molecule has 1 fully saturated rings. The first-order valence-corrected chi connectivity index (χ1v) is 10.3. The number of halogens is 1. The lowest BCUT2D eigenvalue weighted by Gasteiger charge is -2.17. The highest BCUT2D eigenvalue weighted by atomic mass is 35.5. The first kappa shape index (κ1) is 20.9. The molecule has 0 amide bonds. The quantitative estimate of drug-likeness (QED) is 0.546. The molecule has 4 rings (SSSR count). The van der Waals surface area contributed by atoms with Crippen molar-refractivity contribution in [1.82, 2.24) is 9.55 Å². The van der Waals surface area contributed by atoms with Crippen LogP contribution in [0.5, 0.6) is 5.75 Å². The minimum atomic E-state index is -0.268. The fourth-order valence-corrected chi connectivity index (χ4v) is 3.61. The van der Waals surface area contributed by atoms with Crippen molar-refractivity contribution in [2.24, 2.45) is 0 Å². The van der Waals surface area contributed by atoms with Gasteiger partial charge in [0.1, 0.15) is 24.3 Å². The van der Waals surface area contributed by atoms with Gasteiger partial charge in [0.05, 0.1) is 18.4 Å². The second-order valence-electron chi connectivity index (χ2n) is 7.33. The summed E-state index contributed by atoms with van der Waals surface area (Å²) >= 11 is 5.89. The summed E-state index contributed by atoms with van der Waals surface area (Å²) < 4.78 is 12.5. The van der Waals surface area contributed by atoms with Gasteiger partial charge in [0, 0.05) is 37.2 Å². The number of hydrogen-bond donors (Lipinski definition) is 0. The Bertz CT molecular complexity index is 1110. The summed E-state index contributed by atoms with van der Waals surface area (Å²) in [4.78, 5) is 30.2. The van der Waals surface area contributed by atoms with Crippen LogP contribution >= 0.6 is 11.6 Å². The van der Waals surface area contributed by atoms with Gasteiger partial charge in [-0.2, -0.15) is 0 Å². The molecule has 8 heteroatoms. The topological polar surface area (TPSA) is 73.7 Å². The average Bonchev–Trinajstić information content (AvgIpc) is 3.21. The lowest BCUT2D eigenvalue weighted by Crippen LogP contribution is -2.25. The largest absolute Gasteiger partial charge is 0.489 e. The van der Waals surface area contributed by atoms with Crippen molar-refractivity contribution in [3.05, 3.63) is 81.9 Å². The Labute approximate surface area is 184 Å². The third kappa shape index (κ3) is 5.24. The highest BCUT2D eigenvalue weighted by Gasteiger charge is 2.25. The Morgan fingerprint density at radius 3 is 2.68 bits per heavy atom. The van der Waals surface area contributed by atoms with Crippen LogP contribution in [0.1, 0.15) is 18.9 Å². The summed E-state index contributed by atoms with van der Waals surface area (Å²) in [5.41, 5.74) is 1.42. The molecule has 1 aliphatic rings. The van der Waals surface area contributed by atoms with E-state index in [-0.39, 0.29) is 17.6 Å². The molecule has 0 radical (unpaired) electrons. The lowest BCUT2D eigenvalue weighted by molar-refractivity contribution is -0.145. The maximum absolute atomic E-state index is 12.6. The molecule has 1 atom stereocenters. The molecule has 31 heavy (non-hydrogen) atoms. The van der Waals surface area contributed by atoms with Crippen LogP contribution in [0.15, 0.2) is 65.7 Å². The lowest BCUT2D eigenvalue weighted by atomic mass is 10.2. The number of aromatic nitrogens is 2. The second-order valence-corrected chi connectivity index (χ2v) is 7.76. The molecule has 3 aromatic rings. The molecule has 0 N–H and O–H groups in total. The summed E-state index contributed by atoms with van der Waals surface area (Å²) in [5, 5.41) is 0.667. The summed E-state index contributed by atoms with van der Waals surface area (Å²) in [7, 11) is 0. The van der Waals surface area contributed by atoms with E-state index in [2.05, 4.69) is 9.88 Å². The van der Waals surface area contributed by atoms with Crippen LogP contribution in [0.4, 0.5) is 5.82 Å². The first-order valence-electron chi connectivity index (χ1n) is 9.96. The van der Waals surface area contributed by atoms with Gasteiger partial charge in [0.15, 0.2) is 0 Å². The molecule has 1 unspecified atom stereocenters. The van der Waals surface area contributed by atoms with E-state index in [1.165, 1.54) is 17.6 Å². The van der Waals surface area contributed by atoms with E-state index in [1.807, 2.05) is 24.3 Å². The molecule has 0 spiro atoms. The number of nitrogens with zero attached hydrogens (tertiary/aromatic N) is 3. The van der Waals surface area contributed by atoms with Crippen molar-refractivity contribution in [2.45, 2.75) is 26.1 Å². The number of pyridine rings is 2. The fraction of sp³-hybridized carbons (Fsp3) is 0.261. The van der Waals surface area contributed by atoms with Crippen LogP contribution in [0.2, 0.25) is 5.02 Å². The summed E-state index contributed by atoms with van der Waals surface area (Å²) in [5.74, 6) is 1.01. The maximum atomic E-state index is 12.6. The molecule has 2 aromatic heterocycles. The molecule has 0 bridgehead atoms. The van der Waals surface area contributed by atoms with Crippen molar-refractivity contribution in [3.8, 4) is 11.4 Å². The Balaban J connectivity index is 1.41. The summed E-state index contributed by atoms with van der Waals surface area (Å²) in [6.45, 7) is 3.15. The molecular formula is C23H22ClN3O4. The van der Waals surface area contributed by atoms with Crippen LogP contribution in [0.3, 0.4) is 0 Å². The van der Waals surface area contributed by atoms with E-state index in [1.54, 1.807) is 30.6 Å². The van der Waals surface area contributed by atoms with Crippen molar-refractivity contribution < 1.29 is 14.3 Å². The van der Waals surface area contributed by atoms with Gasteiger partial charge >= 0.3 is 5.97 Å². The SMILES string of the molecule is CC(=O)OC1CCN(c2ccc(-n3ccc(OCc4ccc(Cl)cc4)cc3=O)cn2)C1. The normalized spacial score (nSPS) is 15.7. The van der Waals surface area contributed by atoms with Gasteiger partial charge in [-0.3, -0.25) is 14.2 Å². The zero-order valence-electron chi connectivity index (χ0n) is 17.0. The molecule has 1 aliphatic heterocycles. The fourth-order valence-electron chi connectivity index (χ4n) is 3.49. The van der Waals surface area contributed by atoms with Crippen LogP contribution in [-0.4, -0.2) is 34.7 Å². The number of carbonyl (C=O) groups is 1. The molecule has 0 aliphatic carbocycles. The molecule has 160 valence electrons. The standard InChI is InChI=1S/C23H22ClN3O4/c1-16(28)31-21-8-10-26(14-21)22-7-6-19(13-25-22)27-11-9-20(12-23(27)29)30-15-17-2-4-18(24)5-3-17/h2-7,9,11-13,21H,8,10,14-15H2,1H3. The van der Waals surface area contributed by atoms with Gasteiger partial charge in [0.2, 0.25) is 0 Å². The Morgan fingerprint density at radius 1 is 1.19 bits per heavy atom. The van der Waals surface area contributed by atoms with Crippen molar-refractivity contribution >= 4 is 23.4 Å². The van der Waals surface area contributed by atoms with Crippen molar-refractivity contribution in [1.29, 1.82) is 0 Å². The Kier molecular flexibility index (Phi) is 6.23. The van der Waals surface area contributed by atoms with Crippen LogP contribution in [0.25, 0.3) is 5.69 Å². The van der Waals surface area contributed by atoms with E-state index in [9.17, 15) is 9.59 Å². The van der Waals surface area contributed by atoms with Gasteiger partial charge < -0.3 is 14.4 Å². The third-order valence-corrected chi connectivity index (χ3v) is 5.27. The minimum Gasteiger partial charge on any atom is -0.489 e. The van der Waals surface area contributed by atoms with Gasteiger partial charge in [-0.1, -0.05) is 23.7 Å². The number of esters is 1. The number of benzene rings is 1. The number of ether oxygens (including phenoxy) is 2. The smallest absolute Gasteiger partial charge is 0.302 e. The van der Waals surface area contributed by atoms with Gasteiger partial charge in [-0.15, -0.1) is 0 Å². The first-order chi connectivity index (χ1) is 15.0. The summed E-state index contributed by atoms with van der Waals surface area (Å²) in [6, 6.07) is 14.3. The minimum absolute atomic E-state index is 0.109. The van der Waals surface area contributed by atoms with E-state index in [4.69, 9.17) is 21.1 Å². The molecular weight excluding hydrogens is 418 g/mol. The molecule has 7 nitrogen and oxygen atoms in total. The van der Waals surface area contributed by atoms with E-state index >= 15 is 0 Å².